The quantitative estimate of drug-likeness (QED) is 0.684. The molecule has 6 nitrogen and oxygen atoms in total. The number of carbonyl (C=O) groups is 1. The van der Waals surface area contributed by atoms with Crippen molar-refractivity contribution < 1.29 is 9.53 Å². The van der Waals surface area contributed by atoms with E-state index in [-0.39, 0.29) is 5.91 Å². The third kappa shape index (κ3) is 4.57. The molecule has 1 aromatic carbocycles. The fourth-order valence-electron chi connectivity index (χ4n) is 3.44. The molecule has 1 saturated heterocycles. The summed E-state index contributed by atoms with van der Waals surface area (Å²) in [6.45, 7) is 2.30. The summed E-state index contributed by atoms with van der Waals surface area (Å²) in [5.74, 6) is 0.987. The van der Waals surface area contributed by atoms with Crippen LogP contribution in [-0.2, 0) is 17.8 Å². The van der Waals surface area contributed by atoms with Gasteiger partial charge in [-0.05, 0) is 48.6 Å². The van der Waals surface area contributed by atoms with Crippen LogP contribution >= 0.6 is 0 Å². The molecule has 0 aliphatic carbocycles. The van der Waals surface area contributed by atoms with Crippen LogP contribution in [0.15, 0.2) is 54.9 Å². The van der Waals surface area contributed by atoms with Gasteiger partial charge in [0.2, 0.25) is 5.91 Å². The molecule has 1 aliphatic heterocycles. The van der Waals surface area contributed by atoms with Crippen LogP contribution in [0, 0.1) is 0 Å². The van der Waals surface area contributed by atoms with Crippen LogP contribution in [-0.4, -0.2) is 39.1 Å². The molecule has 0 radical (unpaired) electrons. The Morgan fingerprint density at radius 3 is 2.71 bits per heavy atom. The van der Waals surface area contributed by atoms with Crippen LogP contribution in [0.3, 0.4) is 0 Å². The minimum atomic E-state index is 0.266. The first-order chi connectivity index (χ1) is 13.8. The first-order valence-electron chi connectivity index (χ1n) is 9.72. The van der Waals surface area contributed by atoms with E-state index in [9.17, 15) is 4.79 Å². The number of amides is 1. The van der Waals surface area contributed by atoms with Crippen molar-refractivity contribution in [2.75, 3.05) is 13.1 Å². The van der Waals surface area contributed by atoms with Gasteiger partial charge in [-0.2, -0.15) is 5.10 Å². The molecule has 3 heterocycles. The number of ether oxygens (including phenoxy) is 1. The smallest absolute Gasteiger partial charge is 0.222 e. The van der Waals surface area contributed by atoms with Crippen molar-refractivity contribution >= 4 is 5.91 Å². The van der Waals surface area contributed by atoms with Crippen LogP contribution in [0.1, 0.15) is 30.4 Å². The summed E-state index contributed by atoms with van der Waals surface area (Å²) in [6, 6.07) is 13.9. The summed E-state index contributed by atoms with van der Waals surface area (Å²) >= 11 is 0. The summed E-state index contributed by atoms with van der Waals surface area (Å²) in [7, 11) is 0. The van der Waals surface area contributed by atoms with E-state index in [0.29, 0.717) is 13.0 Å². The van der Waals surface area contributed by atoms with E-state index >= 15 is 0 Å². The number of benzene rings is 1. The first kappa shape index (κ1) is 18.2. The number of H-pyrrole nitrogens is 1. The van der Waals surface area contributed by atoms with Gasteiger partial charge >= 0.3 is 0 Å². The molecule has 0 spiro atoms. The Bertz CT molecular complexity index is 901. The Balaban J connectivity index is 1.30. The van der Waals surface area contributed by atoms with Crippen LogP contribution < -0.4 is 4.74 Å². The number of aromatic nitrogens is 3. The van der Waals surface area contributed by atoms with Crippen molar-refractivity contribution in [3.63, 3.8) is 0 Å². The minimum Gasteiger partial charge on any atom is -0.487 e. The van der Waals surface area contributed by atoms with E-state index in [2.05, 4.69) is 27.3 Å². The lowest BCUT2D eigenvalue weighted by atomic mass is 10.1. The average Bonchev–Trinajstić information content (AvgIpc) is 3.45. The van der Waals surface area contributed by atoms with Gasteiger partial charge in [0.15, 0.2) is 0 Å². The SMILES string of the molecule is O=C(CCc1cccc(COc2ccc(-c3ccn[nH]3)nc2)c1)N1CCCC1. The van der Waals surface area contributed by atoms with Gasteiger partial charge in [-0.1, -0.05) is 24.3 Å². The lowest BCUT2D eigenvalue weighted by Crippen LogP contribution is -2.27. The molecule has 1 N–H and O–H groups in total. The molecular formula is C22H24N4O2. The first-order valence-corrected chi connectivity index (χ1v) is 9.72. The van der Waals surface area contributed by atoms with E-state index in [1.54, 1.807) is 12.4 Å². The number of nitrogens with zero attached hydrogens (tertiary/aromatic N) is 3. The maximum atomic E-state index is 12.2. The third-order valence-electron chi connectivity index (χ3n) is 5.00. The van der Waals surface area contributed by atoms with E-state index in [0.717, 1.165) is 55.1 Å². The van der Waals surface area contributed by atoms with E-state index < -0.39 is 0 Å². The van der Waals surface area contributed by atoms with Gasteiger partial charge < -0.3 is 9.64 Å². The molecule has 0 unspecified atom stereocenters. The lowest BCUT2D eigenvalue weighted by molar-refractivity contribution is -0.130. The van der Waals surface area contributed by atoms with Crippen LogP contribution in [0.4, 0.5) is 0 Å². The number of aryl methyl sites for hydroxylation is 1. The largest absolute Gasteiger partial charge is 0.487 e. The molecule has 6 heteroatoms. The second-order valence-corrected chi connectivity index (χ2v) is 7.05. The summed E-state index contributed by atoms with van der Waals surface area (Å²) in [6.07, 6.45) is 7.03. The number of rotatable bonds is 7. The molecule has 4 rings (SSSR count). The summed E-state index contributed by atoms with van der Waals surface area (Å²) in [4.78, 5) is 18.6. The van der Waals surface area contributed by atoms with Gasteiger partial charge in [-0.25, -0.2) is 0 Å². The number of hydrogen-bond donors (Lipinski definition) is 1. The third-order valence-corrected chi connectivity index (χ3v) is 5.00. The molecule has 0 atom stereocenters. The van der Waals surface area contributed by atoms with Crippen molar-refractivity contribution in [2.24, 2.45) is 0 Å². The number of likely N-dealkylation sites (tertiary alicyclic amines) is 1. The number of hydrogen-bond acceptors (Lipinski definition) is 4. The zero-order valence-electron chi connectivity index (χ0n) is 15.8. The monoisotopic (exact) mass is 376 g/mol. The zero-order valence-corrected chi connectivity index (χ0v) is 15.8. The van der Waals surface area contributed by atoms with Crippen molar-refractivity contribution in [1.82, 2.24) is 20.1 Å². The Labute approximate surface area is 164 Å². The Hall–Kier alpha value is -3.15. The summed E-state index contributed by atoms with van der Waals surface area (Å²) in [5.41, 5.74) is 3.96. The standard InChI is InChI=1S/C22H24N4O2/c27-22(26-12-1-2-13-26)9-6-17-4-3-5-18(14-17)16-28-19-7-8-20(23-15-19)21-10-11-24-25-21/h3-5,7-8,10-11,14-15H,1-2,6,9,12-13,16H2,(H,24,25). The maximum absolute atomic E-state index is 12.2. The van der Waals surface area contributed by atoms with E-state index in [4.69, 9.17) is 4.74 Å². The van der Waals surface area contributed by atoms with Gasteiger partial charge in [0, 0.05) is 25.7 Å². The molecule has 3 aromatic rings. The topological polar surface area (TPSA) is 71.1 Å². The Morgan fingerprint density at radius 1 is 1.11 bits per heavy atom. The second-order valence-electron chi connectivity index (χ2n) is 7.05. The Kier molecular flexibility index (Phi) is 5.66. The van der Waals surface area contributed by atoms with Gasteiger partial charge in [0.1, 0.15) is 12.4 Å². The molecule has 1 amide bonds. The molecule has 144 valence electrons. The maximum Gasteiger partial charge on any atom is 0.222 e. The normalized spacial score (nSPS) is 13.6. The zero-order chi connectivity index (χ0) is 19.2. The van der Waals surface area contributed by atoms with Gasteiger partial charge in [0.25, 0.3) is 0 Å². The molecule has 28 heavy (non-hydrogen) atoms. The van der Waals surface area contributed by atoms with Crippen molar-refractivity contribution in [2.45, 2.75) is 32.3 Å². The lowest BCUT2D eigenvalue weighted by Gasteiger charge is -2.15. The van der Waals surface area contributed by atoms with Gasteiger partial charge in [0.05, 0.1) is 17.6 Å². The predicted octanol–water partition coefficient (Wildman–Crippen LogP) is 3.61. The molecule has 1 fully saturated rings. The summed E-state index contributed by atoms with van der Waals surface area (Å²) in [5, 5.41) is 6.83. The number of nitrogens with one attached hydrogen (secondary N) is 1. The van der Waals surface area contributed by atoms with Crippen LogP contribution in [0.2, 0.25) is 0 Å². The molecule has 0 bridgehead atoms. The van der Waals surface area contributed by atoms with E-state index in [1.165, 1.54) is 5.56 Å². The minimum absolute atomic E-state index is 0.266. The number of carbonyl (C=O) groups excluding carboxylic acids is 1. The second kappa shape index (κ2) is 8.69. The van der Waals surface area contributed by atoms with Crippen LogP contribution in [0.5, 0.6) is 5.75 Å². The van der Waals surface area contributed by atoms with Crippen molar-refractivity contribution in [3.05, 3.63) is 66.0 Å². The highest BCUT2D eigenvalue weighted by Crippen LogP contribution is 2.18. The Morgan fingerprint density at radius 2 is 1.96 bits per heavy atom. The predicted molar refractivity (Wildman–Crippen MR) is 107 cm³/mol. The molecule has 0 saturated carbocycles. The highest BCUT2D eigenvalue weighted by atomic mass is 16.5. The number of aromatic amines is 1. The molecule has 2 aromatic heterocycles. The number of pyridine rings is 1. The fourth-order valence-corrected chi connectivity index (χ4v) is 3.44. The van der Waals surface area contributed by atoms with Crippen LogP contribution in [0.25, 0.3) is 11.4 Å². The van der Waals surface area contributed by atoms with E-state index in [1.807, 2.05) is 35.2 Å². The van der Waals surface area contributed by atoms with Crippen molar-refractivity contribution in [3.8, 4) is 17.1 Å². The molecule has 1 aliphatic rings. The highest BCUT2D eigenvalue weighted by molar-refractivity contribution is 5.76. The fraction of sp³-hybridized carbons (Fsp3) is 0.318. The average molecular weight is 376 g/mol. The van der Waals surface area contributed by atoms with Gasteiger partial charge in [-0.3, -0.25) is 14.9 Å². The van der Waals surface area contributed by atoms with Crippen molar-refractivity contribution in [1.29, 1.82) is 0 Å². The molecular weight excluding hydrogens is 352 g/mol. The van der Waals surface area contributed by atoms with Gasteiger partial charge in [-0.15, -0.1) is 0 Å². The highest BCUT2D eigenvalue weighted by Gasteiger charge is 2.17. The summed E-state index contributed by atoms with van der Waals surface area (Å²) < 4.78 is 5.86.